The summed E-state index contributed by atoms with van der Waals surface area (Å²) in [5, 5.41) is 0. The standard InChI is InChI=1S/C9H12OS/c1-3-11-9-6-4-8(10-2)5-7-9/h4-7H,3H2,1-2H3/i3+1DH. The monoisotopic (exact) mass is 170 g/mol. The Morgan fingerprint density at radius 1 is 1.64 bits per heavy atom. The van der Waals surface area contributed by atoms with Crippen molar-refractivity contribution in [2.75, 3.05) is 12.8 Å². The highest BCUT2D eigenvalue weighted by atomic mass is 32.2. The third-order valence-electron chi connectivity index (χ3n) is 1.28. The summed E-state index contributed by atoms with van der Waals surface area (Å²) in [5.74, 6) is 0.793. The van der Waals surface area contributed by atoms with Gasteiger partial charge in [0.25, 0.3) is 0 Å². The largest absolute Gasteiger partial charge is 0.497 e. The molecule has 0 aliphatic heterocycles. The molecule has 1 nitrogen and oxygen atoms in total. The van der Waals surface area contributed by atoms with E-state index < -0.39 is 5.70 Å². The molecule has 0 radical (unpaired) electrons. The van der Waals surface area contributed by atoms with Crippen LogP contribution >= 0.6 is 11.8 Å². The topological polar surface area (TPSA) is 9.23 Å². The Labute approximate surface area is 74.6 Å². The Bertz CT molecular complexity index is 266. The molecule has 1 rings (SSSR count). The molecule has 0 aliphatic rings. The first-order chi connectivity index (χ1) is 6.01. The van der Waals surface area contributed by atoms with Gasteiger partial charge in [-0.3, -0.25) is 0 Å². The van der Waals surface area contributed by atoms with Gasteiger partial charge in [-0.25, -0.2) is 0 Å². The van der Waals surface area contributed by atoms with Crippen LogP contribution in [0.1, 0.15) is 9.67 Å². The molecule has 0 aromatic heterocycles. The molecule has 1 aromatic rings. The number of rotatable bonds is 3. The second-order valence-electron chi connectivity index (χ2n) is 1.98. The van der Waals surface area contributed by atoms with Gasteiger partial charge in [-0.15, -0.1) is 11.8 Å². The molecule has 2 heteroatoms. The van der Waals surface area contributed by atoms with E-state index in [0.717, 1.165) is 10.6 Å². The van der Waals surface area contributed by atoms with Crippen molar-refractivity contribution in [1.29, 1.82) is 0 Å². The smallest absolute Gasteiger partial charge is 0.118 e. The van der Waals surface area contributed by atoms with E-state index in [9.17, 15) is 0 Å². The predicted octanol–water partition coefficient (Wildman–Crippen LogP) is 2.81. The summed E-state index contributed by atoms with van der Waals surface area (Å²) in [5.41, 5.74) is -1.23. The quantitative estimate of drug-likeness (QED) is 0.509. The van der Waals surface area contributed by atoms with Gasteiger partial charge in [0.1, 0.15) is 5.75 Å². The lowest BCUT2D eigenvalue weighted by Gasteiger charge is -2.00. The summed E-state index contributed by atoms with van der Waals surface area (Å²) >= 11 is 1.20. The van der Waals surface area contributed by atoms with Crippen LogP contribution in [0.3, 0.4) is 0 Å². The molecule has 1 atom stereocenters. The lowest BCUT2D eigenvalue weighted by Crippen LogP contribution is -1.81. The summed E-state index contributed by atoms with van der Waals surface area (Å²) in [6, 6.07) is 7.36. The van der Waals surface area contributed by atoms with Crippen LogP contribution in [0.4, 0.5) is 0 Å². The van der Waals surface area contributed by atoms with Gasteiger partial charge in [0.05, 0.1) is 7.11 Å². The lowest BCUT2D eigenvalue weighted by atomic mass is 10.3. The van der Waals surface area contributed by atoms with Crippen molar-refractivity contribution in [3.63, 3.8) is 0 Å². The molecule has 0 aliphatic carbocycles. The molecular formula is C9H12OS. The van der Waals surface area contributed by atoms with Gasteiger partial charge < -0.3 is 4.74 Å². The Kier molecular flexibility index (Phi) is 2.32. The van der Waals surface area contributed by atoms with Gasteiger partial charge in [-0.2, -0.15) is 0 Å². The molecule has 0 heterocycles. The fourth-order valence-electron chi connectivity index (χ4n) is 0.762. The minimum Gasteiger partial charge on any atom is -0.497 e. The number of hydrogen-bond acceptors (Lipinski definition) is 2. The first-order valence-corrected chi connectivity index (χ1v) is 4.16. The maximum atomic E-state index is 7.37. The molecule has 0 spiro atoms. The van der Waals surface area contributed by atoms with Gasteiger partial charge in [0.15, 0.2) is 0 Å². The maximum absolute atomic E-state index is 7.37. The Morgan fingerprint density at radius 2 is 2.27 bits per heavy atom. The maximum Gasteiger partial charge on any atom is 0.118 e. The fraction of sp³-hybridized carbons (Fsp3) is 0.333. The SMILES string of the molecule is [1H][13C]([2H])(C)Sc1ccc(OC)cc1. The van der Waals surface area contributed by atoms with Gasteiger partial charge in [-0.1, -0.05) is 6.92 Å². The number of methoxy groups -OCH3 is 1. The summed E-state index contributed by atoms with van der Waals surface area (Å²) in [6.45, 7) is 1.54. The number of benzene rings is 1. The number of ether oxygens (including phenoxy) is 1. The van der Waals surface area contributed by atoms with E-state index in [4.69, 9.17) is 7.48 Å². The Hall–Kier alpha value is -0.630. The highest BCUT2D eigenvalue weighted by Crippen LogP contribution is 2.20. The van der Waals surface area contributed by atoms with Gasteiger partial charge in [-0.05, 0) is 30.0 Å². The molecule has 60 valence electrons. The van der Waals surface area contributed by atoms with Crippen molar-refractivity contribution in [3.8, 4) is 5.75 Å². The predicted molar refractivity (Wildman–Crippen MR) is 49.4 cm³/mol. The zero-order valence-electron chi connectivity index (χ0n) is 8.63. The molecule has 0 fully saturated rings. The van der Waals surface area contributed by atoms with Crippen molar-refractivity contribution in [2.45, 2.75) is 11.8 Å². The third kappa shape index (κ3) is 2.46. The van der Waals surface area contributed by atoms with E-state index in [1.165, 1.54) is 11.8 Å². The average Bonchev–Trinajstić information content (AvgIpc) is 2.03. The summed E-state index contributed by atoms with van der Waals surface area (Å²) in [4.78, 5) is 0.910. The molecule has 1 aromatic carbocycles. The number of thioether (sulfide) groups is 1. The van der Waals surface area contributed by atoms with Crippen LogP contribution in [0, 0.1) is 0 Å². The van der Waals surface area contributed by atoms with Crippen LogP contribution in [-0.4, -0.2) is 12.8 Å². The molecule has 0 saturated carbocycles. The lowest BCUT2D eigenvalue weighted by molar-refractivity contribution is 0.414. The Morgan fingerprint density at radius 3 is 2.73 bits per heavy atom. The highest BCUT2D eigenvalue weighted by molar-refractivity contribution is 7.99. The van der Waals surface area contributed by atoms with E-state index in [-0.39, 0.29) is 0 Å². The van der Waals surface area contributed by atoms with Crippen LogP contribution in [0.5, 0.6) is 5.75 Å². The first kappa shape index (κ1) is 5.95. The van der Waals surface area contributed by atoms with E-state index in [1.807, 2.05) is 24.3 Å². The molecule has 0 N–H and O–H groups in total. The van der Waals surface area contributed by atoms with Gasteiger partial charge in [0, 0.05) is 7.64 Å². The zero-order valence-corrected chi connectivity index (χ0v) is 7.44. The van der Waals surface area contributed by atoms with Gasteiger partial charge in [0.2, 0.25) is 0 Å². The van der Waals surface area contributed by atoms with E-state index in [2.05, 4.69) is 0 Å². The normalized spacial score (nSPS) is 18.0. The zero-order chi connectivity index (χ0) is 9.90. The molecule has 11 heavy (non-hydrogen) atoms. The second kappa shape index (κ2) is 4.29. The van der Waals surface area contributed by atoms with Crippen molar-refractivity contribution in [1.82, 2.24) is 0 Å². The van der Waals surface area contributed by atoms with Crippen molar-refractivity contribution in [2.24, 2.45) is 0 Å². The molecule has 0 amide bonds. The van der Waals surface area contributed by atoms with Gasteiger partial charge >= 0.3 is 0 Å². The van der Waals surface area contributed by atoms with E-state index in [1.54, 1.807) is 14.0 Å². The van der Waals surface area contributed by atoms with Crippen LogP contribution < -0.4 is 4.74 Å². The Balaban J connectivity index is 2.70. The minimum absolute atomic E-state index is 0.793. The highest BCUT2D eigenvalue weighted by Gasteiger charge is 1.91. The first-order valence-electron chi connectivity index (χ1n) is 4.34. The number of hydrogen-bond donors (Lipinski definition) is 0. The molecule has 1 unspecified atom stereocenters. The summed E-state index contributed by atoms with van der Waals surface area (Å²) < 4.78 is 19.7. The fourth-order valence-corrected chi connectivity index (χ4v) is 1.27. The van der Waals surface area contributed by atoms with Crippen molar-refractivity contribution >= 4 is 11.8 Å². The van der Waals surface area contributed by atoms with Crippen LogP contribution in [0.15, 0.2) is 29.2 Å². The average molecular weight is 170 g/mol. The van der Waals surface area contributed by atoms with Crippen molar-refractivity contribution < 1.29 is 7.48 Å². The second-order valence-corrected chi connectivity index (χ2v) is 3.07. The van der Waals surface area contributed by atoms with Crippen LogP contribution in [0.25, 0.3) is 0 Å². The summed E-state index contributed by atoms with van der Waals surface area (Å²) in [6.07, 6.45) is 0. The van der Waals surface area contributed by atoms with E-state index >= 15 is 0 Å². The van der Waals surface area contributed by atoms with Crippen molar-refractivity contribution in [3.05, 3.63) is 24.3 Å². The molecule has 0 bridgehead atoms. The minimum atomic E-state index is -1.23. The van der Waals surface area contributed by atoms with Crippen LogP contribution in [0.2, 0.25) is 0 Å². The molecular weight excluding hydrogens is 157 g/mol. The van der Waals surface area contributed by atoms with Crippen LogP contribution in [-0.2, 0) is 0 Å². The van der Waals surface area contributed by atoms with E-state index in [0.29, 0.717) is 0 Å². The molecule has 0 saturated heterocycles. The third-order valence-corrected chi connectivity index (χ3v) is 1.99. The summed E-state index contributed by atoms with van der Waals surface area (Å²) in [7, 11) is 1.61.